The van der Waals surface area contributed by atoms with Crippen molar-refractivity contribution >= 4 is 28.5 Å². The molecule has 2 aromatic rings. The van der Waals surface area contributed by atoms with Gasteiger partial charge < -0.3 is 0 Å². The molecule has 2 aromatic heterocycles. The zero-order valence-corrected chi connectivity index (χ0v) is 12.7. The van der Waals surface area contributed by atoms with Gasteiger partial charge in [0.05, 0.1) is 21.5 Å². The molecule has 0 aliphatic rings. The molecule has 0 bridgehead atoms. The molecule has 2 heterocycles. The van der Waals surface area contributed by atoms with Crippen LogP contribution in [0.1, 0.15) is 25.6 Å². The van der Waals surface area contributed by atoms with E-state index in [-0.39, 0.29) is 4.75 Å². The van der Waals surface area contributed by atoms with Crippen LogP contribution in [0.2, 0.25) is 0 Å². The maximum atomic E-state index is 11.8. The van der Waals surface area contributed by atoms with E-state index in [1.807, 2.05) is 39.0 Å². The Labute approximate surface area is 119 Å². The molecule has 0 saturated carbocycles. The third-order valence-electron chi connectivity index (χ3n) is 2.21. The molecule has 100 valence electrons. The topological polar surface area (TPSA) is 55.2 Å². The Morgan fingerprint density at radius 1 is 1.32 bits per heavy atom. The summed E-state index contributed by atoms with van der Waals surface area (Å²) in [5.41, 5.74) is 0.837. The lowest BCUT2D eigenvalue weighted by Crippen LogP contribution is -2.19. The number of aromatic nitrogens is 2. The molecule has 0 aromatic carbocycles. The van der Waals surface area contributed by atoms with Crippen LogP contribution in [0.25, 0.3) is 10.7 Å². The van der Waals surface area contributed by atoms with Crippen molar-refractivity contribution in [2.24, 2.45) is 4.40 Å². The Kier molecular flexibility index (Phi) is 4.21. The Bertz CT molecular complexity index is 600. The highest BCUT2D eigenvalue weighted by Crippen LogP contribution is 2.22. The molecule has 0 aliphatic heterocycles. The minimum Gasteiger partial charge on any atom is -0.254 e. The standard InChI is InChI=1S/C13H15N3OS2/c1-13(2,3)19(17)16-9-10-8-15-12(18-10)11-6-4-5-7-14-11/h4-9H,1-3H3/t19-/m1/s1. The molecule has 0 saturated heterocycles. The molecular weight excluding hydrogens is 278 g/mol. The highest BCUT2D eigenvalue weighted by atomic mass is 32.2. The SMILES string of the molecule is CC(C)(C)[S@@](=O)N=Cc1cnc(-c2ccccn2)s1. The fourth-order valence-corrected chi connectivity index (χ4v) is 2.57. The Morgan fingerprint density at radius 3 is 2.74 bits per heavy atom. The summed E-state index contributed by atoms with van der Waals surface area (Å²) in [5.74, 6) is 0. The van der Waals surface area contributed by atoms with Crippen LogP contribution in [-0.2, 0) is 11.0 Å². The van der Waals surface area contributed by atoms with Crippen LogP contribution in [0, 0.1) is 0 Å². The number of rotatable bonds is 3. The zero-order valence-electron chi connectivity index (χ0n) is 11.0. The monoisotopic (exact) mass is 293 g/mol. The molecule has 0 fully saturated rings. The van der Waals surface area contributed by atoms with Gasteiger partial charge in [-0.2, -0.15) is 4.40 Å². The lowest BCUT2D eigenvalue weighted by Gasteiger charge is -2.12. The van der Waals surface area contributed by atoms with Crippen molar-refractivity contribution in [1.82, 2.24) is 9.97 Å². The largest absolute Gasteiger partial charge is 0.254 e. The van der Waals surface area contributed by atoms with Crippen molar-refractivity contribution in [1.29, 1.82) is 0 Å². The van der Waals surface area contributed by atoms with Gasteiger partial charge in [0.2, 0.25) is 0 Å². The maximum absolute atomic E-state index is 11.8. The van der Waals surface area contributed by atoms with E-state index in [2.05, 4.69) is 14.4 Å². The molecule has 0 amide bonds. The van der Waals surface area contributed by atoms with Crippen LogP contribution < -0.4 is 0 Å². The lowest BCUT2D eigenvalue weighted by molar-refractivity contribution is 0.651. The third-order valence-corrected chi connectivity index (χ3v) is 4.51. The fraction of sp³-hybridized carbons (Fsp3) is 0.308. The first-order valence-electron chi connectivity index (χ1n) is 5.80. The van der Waals surface area contributed by atoms with Crippen LogP contribution in [0.15, 0.2) is 35.0 Å². The predicted octanol–water partition coefficient (Wildman–Crippen LogP) is 3.09. The number of thiazole rings is 1. The number of hydrogen-bond acceptors (Lipinski definition) is 4. The van der Waals surface area contributed by atoms with Crippen molar-refractivity contribution in [3.8, 4) is 10.7 Å². The molecule has 0 unspecified atom stereocenters. The van der Waals surface area contributed by atoms with Crippen LogP contribution >= 0.6 is 11.3 Å². The lowest BCUT2D eigenvalue weighted by atomic mass is 10.3. The smallest absolute Gasteiger partial charge is 0.144 e. The first-order chi connectivity index (χ1) is 8.97. The third kappa shape index (κ3) is 3.78. The van der Waals surface area contributed by atoms with Gasteiger partial charge >= 0.3 is 0 Å². The summed E-state index contributed by atoms with van der Waals surface area (Å²) in [6, 6.07) is 5.70. The fourth-order valence-electron chi connectivity index (χ4n) is 1.21. The summed E-state index contributed by atoms with van der Waals surface area (Å²) in [6.07, 6.45) is 5.07. The van der Waals surface area contributed by atoms with Crippen LogP contribution in [0.3, 0.4) is 0 Å². The first kappa shape index (κ1) is 14.0. The number of pyridine rings is 1. The molecule has 4 nitrogen and oxygen atoms in total. The number of nitrogens with zero attached hydrogens (tertiary/aromatic N) is 3. The normalized spacial score (nSPS) is 13.8. The Morgan fingerprint density at radius 2 is 2.11 bits per heavy atom. The summed E-state index contributed by atoms with van der Waals surface area (Å²) < 4.78 is 15.5. The highest BCUT2D eigenvalue weighted by Gasteiger charge is 2.18. The van der Waals surface area contributed by atoms with Crippen LogP contribution in [-0.4, -0.2) is 25.1 Å². The van der Waals surface area contributed by atoms with Gasteiger partial charge in [-0.25, -0.2) is 9.19 Å². The van der Waals surface area contributed by atoms with E-state index in [4.69, 9.17) is 0 Å². The number of hydrogen-bond donors (Lipinski definition) is 0. The van der Waals surface area contributed by atoms with Crippen LogP contribution in [0.5, 0.6) is 0 Å². The van der Waals surface area contributed by atoms with Crippen molar-refractivity contribution < 1.29 is 4.21 Å². The van der Waals surface area contributed by atoms with Gasteiger partial charge in [-0.05, 0) is 32.9 Å². The summed E-state index contributed by atoms with van der Waals surface area (Å²) in [4.78, 5) is 9.41. The van der Waals surface area contributed by atoms with E-state index in [0.717, 1.165) is 15.6 Å². The van der Waals surface area contributed by atoms with Gasteiger partial charge in [0.1, 0.15) is 16.0 Å². The molecule has 0 aliphatic carbocycles. The van der Waals surface area contributed by atoms with Gasteiger partial charge in [-0.3, -0.25) is 4.98 Å². The maximum Gasteiger partial charge on any atom is 0.144 e. The van der Waals surface area contributed by atoms with E-state index in [1.165, 1.54) is 11.3 Å². The van der Waals surface area contributed by atoms with Gasteiger partial charge in [0, 0.05) is 12.4 Å². The van der Waals surface area contributed by atoms with Crippen molar-refractivity contribution in [3.63, 3.8) is 0 Å². The quantitative estimate of drug-likeness (QED) is 0.817. The summed E-state index contributed by atoms with van der Waals surface area (Å²) in [5, 5.41) is 0.837. The Balaban J connectivity index is 2.15. The van der Waals surface area contributed by atoms with E-state index in [1.54, 1.807) is 18.6 Å². The Hall–Kier alpha value is -1.40. The first-order valence-corrected chi connectivity index (χ1v) is 7.72. The second-order valence-electron chi connectivity index (χ2n) is 4.88. The van der Waals surface area contributed by atoms with E-state index >= 15 is 0 Å². The van der Waals surface area contributed by atoms with Crippen molar-refractivity contribution in [3.05, 3.63) is 35.5 Å². The van der Waals surface area contributed by atoms with Crippen molar-refractivity contribution in [2.45, 2.75) is 25.5 Å². The minimum atomic E-state index is -1.24. The van der Waals surface area contributed by atoms with E-state index < -0.39 is 11.0 Å². The van der Waals surface area contributed by atoms with Gasteiger partial charge in [-0.15, -0.1) is 11.3 Å². The second-order valence-corrected chi connectivity index (χ2v) is 7.87. The molecule has 6 heteroatoms. The van der Waals surface area contributed by atoms with Gasteiger partial charge in [0.25, 0.3) is 0 Å². The molecule has 2 rings (SSSR count). The summed E-state index contributed by atoms with van der Waals surface area (Å²) in [7, 11) is -1.24. The predicted molar refractivity (Wildman–Crippen MR) is 80.8 cm³/mol. The molecule has 19 heavy (non-hydrogen) atoms. The van der Waals surface area contributed by atoms with Gasteiger partial charge in [0.15, 0.2) is 0 Å². The van der Waals surface area contributed by atoms with E-state index in [0.29, 0.717) is 0 Å². The second kappa shape index (κ2) is 5.71. The average molecular weight is 293 g/mol. The van der Waals surface area contributed by atoms with Crippen LogP contribution in [0.4, 0.5) is 0 Å². The molecule has 0 spiro atoms. The van der Waals surface area contributed by atoms with E-state index in [9.17, 15) is 4.21 Å². The summed E-state index contributed by atoms with van der Waals surface area (Å²) in [6.45, 7) is 5.69. The average Bonchev–Trinajstić information content (AvgIpc) is 2.84. The molecule has 1 atom stereocenters. The molecule has 0 N–H and O–H groups in total. The highest BCUT2D eigenvalue weighted by molar-refractivity contribution is 7.85. The molecule has 0 radical (unpaired) electrons. The van der Waals surface area contributed by atoms with Gasteiger partial charge in [-0.1, -0.05) is 6.07 Å². The minimum absolute atomic E-state index is 0.342. The zero-order chi connectivity index (χ0) is 13.9. The molecular formula is C13H15N3OS2. The van der Waals surface area contributed by atoms with Crippen molar-refractivity contribution in [2.75, 3.05) is 0 Å². The summed E-state index contributed by atoms with van der Waals surface area (Å²) >= 11 is 1.48.